The number of nitrogens with zero attached hydrogens (tertiary/aromatic N) is 3. The molecule has 0 fully saturated rings. The van der Waals surface area contributed by atoms with Gasteiger partial charge >= 0.3 is 0 Å². The Morgan fingerprint density at radius 1 is 0.304 bits per heavy atom. The van der Waals surface area contributed by atoms with E-state index in [-0.39, 0.29) is 0 Å². The van der Waals surface area contributed by atoms with Crippen LogP contribution in [-0.4, -0.2) is 17.6 Å². The smallest absolute Gasteiger partial charge is 0.185 e. The fourth-order valence-corrected chi connectivity index (χ4v) is 17.1. The lowest BCUT2D eigenvalue weighted by molar-refractivity contribution is 1.18. The van der Waals surface area contributed by atoms with Crippen molar-refractivity contribution >= 4 is 67.8 Å². The summed E-state index contributed by atoms with van der Waals surface area (Å²) in [6, 6.07) is 96.2. The molecule has 10 aromatic carbocycles. The van der Waals surface area contributed by atoms with E-state index in [2.05, 4.69) is 270 Å². The van der Waals surface area contributed by atoms with Crippen LogP contribution in [-0.2, 0) is 0 Å². The first-order valence-corrected chi connectivity index (χ1v) is 25.8. The normalized spacial score (nSPS) is 13.0. The highest BCUT2D eigenvalue weighted by molar-refractivity contribution is 7.23. The lowest BCUT2D eigenvalue weighted by atomic mass is 10.0. The molecule has 0 N–H and O–H groups in total. The van der Waals surface area contributed by atoms with Crippen molar-refractivity contribution < 1.29 is 0 Å². The maximum atomic E-state index is 5.62. The predicted molar refractivity (Wildman–Crippen MR) is 291 cm³/mol. The van der Waals surface area contributed by atoms with Crippen LogP contribution < -0.4 is 25.6 Å². The molecule has 322 valence electrons. The molecule has 2 aliphatic heterocycles. The molecule has 2 aromatic heterocycles. The molecular weight excluding hydrogens is 851 g/mol. The van der Waals surface area contributed by atoms with Crippen LogP contribution in [0.2, 0.25) is 0 Å². The zero-order valence-corrected chi connectivity index (χ0v) is 38.7. The Morgan fingerprint density at radius 2 is 0.812 bits per heavy atom. The number of hydrogen-bond donors (Lipinski definition) is 0. The predicted octanol–water partition coefficient (Wildman–Crippen LogP) is 14.0. The molecule has 0 atom stereocenters. The zero-order chi connectivity index (χ0) is 45.5. The molecule has 0 unspecified atom stereocenters. The lowest BCUT2D eigenvalue weighted by Gasteiger charge is -2.43. The number of para-hydroxylation sites is 2. The number of aromatic nitrogens is 2. The van der Waals surface area contributed by atoms with Crippen molar-refractivity contribution in [2.75, 3.05) is 4.90 Å². The van der Waals surface area contributed by atoms with E-state index >= 15 is 0 Å². The van der Waals surface area contributed by atoms with Gasteiger partial charge in [-0.05, 0) is 120 Å². The molecule has 12 aromatic rings. The van der Waals surface area contributed by atoms with Crippen molar-refractivity contribution in [3.63, 3.8) is 0 Å². The summed E-state index contributed by atoms with van der Waals surface area (Å²) in [7, 11) is -2.87. The maximum absolute atomic E-state index is 5.62. The fraction of sp³-hybridized carbons (Fsp3) is 0. The number of fused-ring (bicyclic) bond motifs is 12. The Hall–Kier alpha value is -8.83. The van der Waals surface area contributed by atoms with Crippen LogP contribution in [0.1, 0.15) is 0 Å². The minimum Gasteiger partial charge on any atom is -0.309 e. The fourth-order valence-electron chi connectivity index (χ4n) is 11.6. The summed E-state index contributed by atoms with van der Waals surface area (Å²) >= 11 is 0. The number of rotatable bonds is 6. The third-order valence-corrected chi connectivity index (χ3v) is 19.5. The van der Waals surface area contributed by atoms with Crippen molar-refractivity contribution in [2.24, 2.45) is 0 Å². The second-order valence-electron chi connectivity index (χ2n) is 18.3. The Morgan fingerprint density at radius 3 is 1.52 bits per heavy atom. The highest BCUT2D eigenvalue weighted by atomic mass is 28.3. The molecule has 0 bridgehead atoms. The van der Waals surface area contributed by atoms with Gasteiger partial charge in [-0.2, -0.15) is 0 Å². The van der Waals surface area contributed by atoms with Gasteiger partial charge in [-0.3, -0.25) is 4.90 Å². The van der Waals surface area contributed by atoms with Crippen LogP contribution >= 0.6 is 0 Å². The minimum atomic E-state index is -2.87. The van der Waals surface area contributed by atoms with Gasteiger partial charge in [0.05, 0.1) is 16.7 Å². The molecule has 4 heterocycles. The number of pyridine rings is 1. The van der Waals surface area contributed by atoms with Gasteiger partial charge in [0, 0.05) is 33.4 Å². The van der Waals surface area contributed by atoms with E-state index < -0.39 is 8.07 Å². The number of benzene rings is 10. The summed E-state index contributed by atoms with van der Waals surface area (Å²) in [6.45, 7) is 0. The zero-order valence-electron chi connectivity index (χ0n) is 37.7. The highest BCUT2D eigenvalue weighted by Crippen LogP contribution is 2.44. The molecule has 0 aliphatic carbocycles. The average molecular weight is 894 g/mol. The molecule has 2 aliphatic rings. The average Bonchev–Trinajstić information content (AvgIpc) is 3.92. The second kappa shape index (κ2) is 15.6. The highest BCUT2D eigenvalue weighted by Gasteiger charge is 2.54. The minimum absolute atomic E-state index is 0.890. The molecule has 69 heavy (non-hydrogen) atoms. The molecule has 0 amide bonds. The van der Waals surface area contributed by atoms with Crippen LogP contribution in [0.25, 0.3) is 83.3 Å². The summed E-state index contributed by atoms with van der Waals surface area (Å²) in [5, 5.41) is 8.08. The molecule has 0 radical (unpaired) electrons. The molecule has 0 saturated carbocycles. The molecular formula is C65H43N3Si. The summed E-state index contributed by atoms with van der Waals surface area (Å²) < 4.78 is 2.41. The standard InChI is InChI=1S/C65H43N3Si/c1-4-18-44(19-5-1)46-32-36-51(37-33-46)67-57-27-13-10-24-52(57)55-40-48(34-38-58(55)67)49-35-39-64-60(42-49)68(65-43-50(45-20-6-2-7-21-45)41-56(66-65)47-22-8-3-9-23-47)59-28-14-17-31-63(59)69(64)61-29-15-11-25-53(61)54-26-12-16-30-62(54)69/h1-43H. The summed E-state index contributed by atoms with van der Waals surface area (Å²) in [6.07, 6.45) is 0. The summed E-state index contributed by atoms with van der Waals surface area (Å²) in [5.41, 5.74) is 17.6. The molecule has 1 spiro atoms. The third-order valence-electron chi connectivity index (χ3n) is 14.6. The molecule has 14 rings (SSSR count). The monoisotopic (exact) mass is 893 g/mol. The van der Waals surface area contributed by atoms with E-state index in [0.29, 0.717) is 0 Å². The van der Waals surface area contributed by atoms with Gasteiger partial charge in [0.1, 0.15) is 5.82 Å². The van der Waals surface area contributed by atoms with E-state index in [1.54, 1.807) is 0 Å². The maximum Gasteiger partial charge on any atom is 0.185 e. The molecule has 3 nitrogen and oxygen atoms in total. The number of hydrogen-bond acceptors (Lipinski definition) is 2. The Labute approximate surface area is 402 Å². The molecule has 4 heteroatoms. The van der Waals surface area contributed by atoms with Gasteiger partial charge in [0.25, 0.3) is 0 Å². The van der Waals surface area contributed by atoms with Gasteiger partial charge in [-0.25, -0.2) is 4.98 Å². The van der Waals surface area contributed by atoms with E-state index in [0.717, 1.165) is 39.5 Å². The second-order valence-corrected chi connectivity index (χ2v) is 21.9. The number of anilines is 3. The summed E-state index contributed by atoms with van der Waals surface area (Å²) in [5.74, 6) is 0.890. The first-order chi connectivity index (χ1) is 34.2. The van der Waals surface area contributed by atoms with E-state index in [1.165, 1.54) is 81.7 Å². The van der Waals surface area contributed by atoms with Crippen molar-refractivity contribution in [2.45, 2.75) is 0 Å². The van der Waals surface area contributed by atoms with Crippen LogP contribution in [0, 0.1) is 0 Å². The van der Waals surface area contributed by atoms with E-state index in [9.17, 15) is 0 Å². The van der Waals surface area contributed by atoms with Gasteiger partial charge in [-0.1, -0.05) is 206 Å². The van der Waals surface area contributed by atoms with E-state index in [1.807, 2.05) is 0 Å². The first-order valence-electron chi connectivity index (χ1n) is 23.8. The van der Waals surface area contributed by atoms with Crippen molar-refractivity contribution in [3.05, 3.63) is 261 Å². The van der Waals surface area contributed by atoms with Crippen molar-refractivity contribution in [1.29, 1.82) is 0 Å². The van der Waals surface area contributed by atoms with Gasteiger partial charge in [-0.15, -0.1) is 0 Å². The van der Waals surface area contributed by atoms with Gasteiger partial charge in [0.2, 0.25) is 0 Å². The first kappa shape index (κ1) is 39.3. The summed E-state index contributed by atoms with van der Waals surface area (Å²) in [4.78, 5) is 8.10. The van der Waals surface area contributed by atoms with Crippen molar-refractivity contribution in [1.82, 2.24) is 9.55 Å². The Bertz CT molecular complexity index is 3850. The largest absolute Gasteiger partial charge is 0.309 e. The van der Waals surface area contributed by atoms with Crippen LogP contribution in [0.3, 0.4) is 0 Å². The third kappa shape index (κ3) is 6.02. The lowest BCUT2D eigenvalue weighted by Crippen LogP contribution is -2.75. The Balaban J connectivity index is 1.01. The SMILES string of the molecule is c1ccc(-c2ccc(-n3c4ccccc4c4cc(-c5ccc6c(c5)N(c5cc(-c7ccccc7)cc(-c7ccccc7)n5)c5ccccc5[Si]65c6ccccc6-c6ccccc65)ccc43)cc2)cc1. The topological polar surface area (TPSA) is 21.1 Å². The van der Waals surface area contributed by atoms with Gasteiger partial charge in [0.15, 0.2) is 8.07 Å². The Kier molecular flexibility index (Phi) is 8.91. The van der Waals surface area contributed by atoms with Crippen LogP contribution in [0.15, 0.2) is 261 Å². The molecule has 0 saturated heterocycles. The van der Waals surface area contributed by atoms with E-state index in [4.69, 9.17) is 4.98 Å². The van der Waals surface area contributed by atoms with Crippen molar-refractivity contribution in [3.8, 4) is 61.5 Å². The quantitative estimate of drug-likeness (QED) is 0.155. The van der Waals surface area contributed by atoms with Gasteiger partial charge < -0.3 is 4.57 Å². The van der Waals surface area contributed by atoms with Crippen LogP contribution in [0.4, 0.5) is 17.2 Å². The van der Waals surface area contributed by atoms with Crippen LogP contribution in [0.5, 0.6) is 0 Å².